The van der Waals surface area contributed by atoms with Crippen LogP contribution in [-0.4, -0.2) is 31.5 Å². The summed E-state index contributed by atoms with van der Waals surface area (Å²) in [4.78, 5) is 12.2. The summed E-state index contributed by atoms with van der Waals surface area (Å²) < 4.78 is 11.4. The van der Waals surface area contributed by atoms with Crippen molar-refractivity contribution >= 4 is 6.09 Å². The molecule has 1 aliphatic rings. The van der Waals surface area contributed by atoms with Gasteiger partial charge in [-0.05, 0) is 42.5 Å². The average Bonchev–Trinajstić information content (AvgIpc) is 2.99. The van der Waals surface area contributed by atoms with Crippen LogP contribution in [0.5, 0.6) is 0 Å². The Morgan fingerprint density at radius 1 is 1.04 bits per heavy atom. The first-order valence-corrected chi connectivity index (χ1v) is 9.74. The lowest BCUT2D eigenvalue weighted by molar-refractivity contribution is -0.0175. The minimum Gasteiger partial charge on any atom is -0.449 e. The van der Waals surface area contributed by atoms with Gasteiger partial charge in [0.1, 0.15) is 6.61 Å². The van der Waals surface area contributed by atoms with Gasteiger partial charge in [0.05, 0.1) is 5.60 Å². The molecule has 0 aromatic heterocycles. The highest BCUT2D eigenvalue weighted by atomic mass is 16.5. The molecule has 27 heavy (non-hydrogen) atoms. The van der Waals surface area contributed by atoms with Gasteiger partial charge in [0.25, 0.3) is 0 Å². The van der Waals surface area contributed by atoms with Crippen LogP contribution in [0, 0.1) is 0 Å². The Kier molecular flexibility index (Phi) is 6.17. The van der Waals surface area contributed by atoms with Crippen molar-refractivity contribution in [2.45, 2.75) is 45.1 Å². The van der Waals surface area contributed by atoms with Gasteiger partial charge in [0.2, 0.25) is 0 Å². The van der Waals surface area contributed by atoms with Crippen molar-refractivity contribution in [2.75, 3.05) is 19.8 Å². The highest BCUT2D eigenvalue weighted by Gasteiger charge is 2.29. The number of carbonyl (C=O) groups is 1. The van der Waals surface area contributed by atoms with E-state index in [-0.39, 0.29) is 5.92 Å². The van der Waals surface area contributed by atoms with E-state index in [1.54, 1.807) is 0 Å². The van der Waals surface area contributed by atoms with Gasteiger partial charge in [-0.25, -0.2) is 4.79 Å². The maximum absolute atomic E-state index is 12.2. The molecule has 1 N–H and O–H groups in total. The van der Waals surface area contributed by atoms with Crippen molar-refractivity contribution in [1.82, 2.24) is 5.32 Å². The molecule has 2 aromatic carbocycles. The van der Waals surface area contributed by atoms with Crippen LogP contribution < -0.4 is 5.32 Å². The molecule has 0 spiro atoms. The van der Waals surface area contributed by atoms with Crippen LogP contribution in [-0.2, 0) is 9.47 Å². The van der Waals surface area contributed by atoms with E-state index in [9.17, 15) is 4.79 Å². The van der Waals surface area contributed by atoms with Gasteiger partial charge >= 0.3 is 6.09 Å². The maximum atomic E-state index is 12.2. The Hall–Kier alpha value is -2.33. The molecule has 2 aromatic rings. The summed E-state index contributed by atoms with van der Waals surface area (Å²) in [7, 11) is 0. The second-order valence-corrected chi connectivity index (χ2v) is 7.64. The van der Waals surface area contributed by atoms with Gasteiger partial charge < -0.3 is 14.8 Å². The van der Waals surface area contributed by atoms with Crippen molar-refractivity contribution in [3.8, 4) is 11.1 Å². The second-order valence-electron chi connectivity index (χ2n) is 7.64. The topological polar surface area (TPSA) is 47.6 Å². The fourth-order valence-corrected chi connectivity index (χ4v) is 3.48. The van der Waals surface area contributed by atoms with Crippen LogP contribution in [0.4, 0.5) is 4.79 Å². The summed E-state index contributed by atoms with van der Waals surface area (Å²) in [6.07, 6.45) is 1.72. The third kappa shape index (κ3) is 4.69. The summed E-state index contributed by atoms with van der Waals surface area (Å²) in [5, 5.41) is 2.84. The standard InChI is InChI=1S/C23H29NO3/c1-4-5-14-27-23(2,3)16-24-22(25)26-15-21-19-12-8-6-10-17(19)18-11-7-9-13-20(18)21/h6-13,21H,4-5,14-16H2,1-3H3,(H,24,25). The van der Waals surface area contributed by atoms with Crippen molar-refractivity contribution in [2.24, 2.45) is 0 Å². The number of alkyl carbamates (subject to hydrolysis) is 1. The molecule has 1 aliphatic carbocycles. The quantitative estimate of drug-likeness (QED) is 0.659. The molecule has 0 atom stereocenters. The Morgan fingerprint density at radius 3 is 2.22 bits per heavy atom. The first-order valence-electron chi connectivity index (χ1n) is 9.74. The van der Waals surface area contributed by atoms with Crippen LogP contribution >= 0.6 is 0 Å². The third-order valence-corrected chi connectivity index (χ3v) is 4.99. The summed E-state index contributed by atoms with van der Waals surface area (Å²) in [5.74, 6) is 0.0805. The normalized spacial score (nSPS) is 13.1. The second kappa shape index (κ2) is 8.57. The molecular formula is C23H29NO3. The lowest BCUT2D eigenvalue weighted by Crippen LogP contribution is -2.41. The predicted octanol–water partition coefficient (Wildman–Crippen LogP) is 5.12. The Labute approximate surface area is 161 Å². The van der Waals surface area contributed by atoms with E-state index >= 15 is 0 Å². The number of carbonyl (C=O) groups excluding carboxylic acids is 1. The van der Waals surface area contributed by atoms with Crippen molar-refractivity contribution < 1.29 is 14.3 Å². The molecular weight excluding hydrogens is 338 g/mol. The van der Waals surface area contributed by atoms with Gasteiger partial charge in [-0.1, -0.05) is 61.9 Å². The predicted molar refractivity (Wildman–Crippen MR) is 108 cm³/mol. The van der Waals surface area contributed by atoms with Crippen molar-refractivity contribution in [3.05, 3.63) is 59.7 Å². The smallest absolute Gasteiger partial charge is 0.407 e. The Morgan fingerprint density at radius 2 is 1.63 bits per heavy atom. The largest absolute Gasteiger partial charge is 0.449 e. The zero-order chi connectivity index (χ0) is 19.3. The summed E-state index contributed by atoms with van der Waals surface area (Å²) in [5.41, 5.74) is 4.49. The fraction of sp³-hybridized carbons (Fsp3) is 0.435. The van der Waals surface area contributed by atoms with E-state index in [2.05, 4.69) is 36.5 Å². The van der Waals surface area contributed by atoms with Crippen LogP contribution in [0.3, 0.4) is 0 Å². The van der Waals surface area contributed by atoms with E-state index in [0.717, 1.165) is 12.8 Å². The Balaban J connectivity index is 1.56. The summed E-state index contributed by atoms with van der Waals surface area (Å²) >= 11 is 0. The SMILES string of the molecule is CCCCOC(C)(C)CNC(=O)OCC1c2ccccc2-c2ccccc21. The van der Waals surface area contributed by atoms with Gasteiger partial charge in [-0.15, -0.1) is 0 Å². The van der Waals surface area contributed by atoms with E-state index < -0.39 is 11.7 Å². The van der Waals surface area contributed by atoms with E-state index in [1.807, 2.05) is 38.1 Å². The number of amides is 1. The molecule has 144 valence electrons. The van der Waals surface area contributed by atoms with Crippen molar-refractivity contribution in [3.63, 3.8) is 0 Å². The highest BCUT2D eigenvalue weighted by molar-refractivity contribution is 5.79. The summed E-state index contributed by atoms with van der Waals surface area (Å²) in [6, 6.07) is 16.7. The molecule has 0 aliphatic heterocycles. The van der Waals surface area contributed by atoms with Crippen LogP contribution in [0.2, 0.25) is 0 Å². The van der Waals surface area contributed by atoms with Gasteiger partial charge in [0.15, 0.2) is 0 Å². The molecule has 4 nitrogen and oxygen atoms in total. The monoisotopic (exact) mass is 367 g/mol. The van der Waals surface area contributed by atoms with Gasteiger partial charge in [-0.3, -0.25) is 0 Å². The van der Waals surface area contributed by atoms with E-state index in [1.165, 1.54) is 22.3 Å². The third-order valence-electron chi connectivity index (χ3n) is 4.99. The van der Waals surface area contributed by atoms with Gasteiger partial charge in [-0.2, -0.15) is 0 Å². The molecule has 0 bridgehead atoms. The lowest BCUT2D eigenvalue weighted by Gasteiger charge is -2.25. The molecule has 0 heterocycles. The number of ether oxygens (including phenoxy) is 2. The number of hydrogen-bond donors (Lipinski definition) is 1. The number of benzene rings is 2. The average molecular weight is 367 g/mol. The zero-order valence-electron chi connectivity index (χ0n) is 16.5. The lowest BCUT2D eigenvalue weighted by atomic mass is 9.98. The van der Waals surface area contributed by atoms with Gasteiger partial charge in [0, 0.05) is 19.1 Å². The number of nitrogens with one attached hydrogen (secondary N) is 1. The molecule has 3 rings (SSSR count). The van der Waals surface area contributed by atoms with Crippen molar-refractivity contribution in [1.29, 1.82) is 0 Å². The van der Waals surface area contributed by atoms with E-state index in [4.69, 9.17) is 9.47 Å². The Bertz CT molecular complexity index is 739. The first kappa shape index (κ1) is 19.4. The number of rotatable bonds is 8. The number of unbranched alkanes of at least 4 members (excludes halogenated alkanes) is 1. The molecule has 1 amide bonds. The van der Waals surface area contributed by atoms with E-state index in [0.29, 0.717) is 19.8 Å². The molecule has 0 saturated heterocycles. The first-order chi connectivity index (χ1) is 13.0. The van der Waals surface area contributed by atoms with Crippen LogP contribution in [0.15, 0.2) is 48.5 Å². The molecule has 0 unspecified atom stereocenters. The maximum Gasteiger partial charge on any atom is 0.407 e. The molecule has 0 saturated carbocycles. The number of hydrogen-bond acceptors (Lipinski definition) is 3. The van der Waals surface area contributed by atoms with Crippen LogP contribution in [0.25, 0.3) is 11.1 Å². The highest BCUT2D eigenvalue weighted by Crippen LogP contribution is 2.44. The summed E-state index contributed by atoms with van der Waals surface area (Å²) in [6.45, 7) is 7.55. The molecule has 4 heteroatoms. The van der Waals surface area contributed by atoms with Crippen LogP contribution in [0.1, 0.15) is 50.7 Å². The fourth-order valence-electron chi connectivity index (χ4n) is 3.48. The minimum atomic E-state index is -0.402. The minimum absolute atomic E-state index is 0.0805. The molecule has 0 fully saturated rings. The number of fused-ring (bicyclic) bond motifs is 3. The zero-order valence-corrected chi connectivity index (χ0v) is 16.5. The molecule has 0 radical (unpaired) electrons.